The van der Waals surface area contributed by atoms with Crippen LogP contribution < -0.4 is 4.90 Å². The first kappa shape index (κ1) is 13.9. The second-order valence-electron chi connectivity index (χ2n) is 5.37. The topological polar surface area (TPSA) is 43.8 Å². The van der Waals surface area contributed by atoms with E-state index in [4.69, 9.17) is 5.11 Å². The van der Waals surface area contributed by atoms with E-state index in [1.165, 1.54) is 11.3 Å². The first-order valence-electron chi connectivity index (χ1n) is 6.83. The van der Waals surface area contributed by atoms with Crippen LogP contribution in [0, 0.1) is 12.8 Å². The van der Waals surface area contributed by atoms with E-state index >= 15 is 0 Å². The van der Waals surface area contributed by atoms with E-state index in [0.29, 0.717) is 6.54 Å². The number of carboxylic acids is 1. The van der Waals surface area contributed by atoms with Gasteiger partial charge in [-0.3, -0.25) is 9.69 Å². The van der Waals surface area contributed by atoms with Crippen LogP contribution in [0.1, 0.15) is 12.5 Å². The van der Waals surface area contributed by atoms with Crippen molar-refractivity contribution in [2.75, 3.05) is 37.6 Å². The smallest absolute Gasteiger partial charge is 0.307 e. The minimum atomic E-state index is -0.707. The highest BCUT2D eigenvalue weighted by atomic mass is 16.4. The summed E-state index contributed by atoms with van der Waals surface area (Å²) in [6.45, 7) is 8.34. The van der Waals surface area contributed by atoms with Crippen LogP contribution in [-0.2, 0) is 4.79 Å². The minimum absolute atomic E-state index is 0.287. The Morgan fingerprint density at radius 2 is 2.00 bits per heavy atom. The zero-order valence-corrected chi connectivity index (χ0v) is 11.7. The lowest BCUT2D eigenvalue weighted by molar-refractivity contribution is -0.141. The Hall–Kier alpha value is -1.55. The third kappa shape index (κ3) is 3.70. The summed E-state index contributed by atoms with van der Waals surface area (Å²) in [5, 5.41) is 8.94. The van der Waals surface area contributed by atoms with E-state index in [-0.39, 0.29) is 5.92 Å². The van der Waals surface area contributed by atoms with Crippen molar-refractivity contribution < 1.29 is 9.90 Å². The lowest BCUT2D eigenvalue weighted by Gasteiger charge is -2.36. The van der Waals surface area contributed by atoms with Gasteiger partial charge in [-0.25, -0.2) is 0 Å². The van der Waals surface area contributed by atoms with E-state index in [1.807, 2.05) is 0 Å². The maximum Gasteiger partial charge on any atom is 0.307 e. The minimum Gasteiger partial charge on any atom is -0.481 e. The molecule has 1 aliphatic heterocycles. The number of carbonyl (C=O) groups is 1. The van der Waals surface area contributed by atoms with Crippen molar-refractivity contribution in [1.29, 1.82) is 0 Å². The molecule has 1 unspecified atom stereocenters. The van der Waals surface area contributed by atoms with Gasteiger partial charge in [0.2, 0.25) is 0 Å². The zero-order valence-electron chi connectivity index (χ0n) is 11.7. The largest absolute Gasteiger partial charge is 0.481 e. The molecule has 4 heteroatoms. The molecule has 1 heterocycles. The van der Waals surface area contributed by atoms with Gasteiger partial charge in [0.25, 0.3) is 0 Å². The van der Waals surface area contributed by atoms with Gasteiger partial charge in [0.1, 0.15) is 0 Å². The number of carboxylic acid groups (broad SMARTS) is 1. The lowest BCUT2D eigenvalue weighted by atomic mass is 10.1. The Labute approximate surface area is 114 Å². The van der Waals surface area contributed by atoms with Crippen LogP contribution in [0.25, 0.3) is 0 Å². The van der Waals surface area contributed by atoms with Crippen LogP contribution in [0.5, 0.6) is 0 Å². The van der Waals surface area contributed by atoms with Crippen LogP contribution in [0.15, 0.2) is 24.3 Å². The summed E-state index contributed by atoms with van der Waals surface area (Å²) < 4.78 is 0. The van der Waals surface area contributed by atoms with Gasteiger partial charge in [-0.1, -0.05) is 19.1 Å². The monoisotopic (exact) mass is 262 g/mol. The van der Waals surface area contributed by atoms with Gasteiger partial charge in [0, 0.05) is 38.4 Å². The van der Waals surface area contributed by atoms with Gasteiger partial charge in [0.15, 0.2) is 0 Å². The molecule has 1 atom stereocenters. The summed E-state index contributed by atoms with van der Waals surface area (Å²) in [6.07, 6.45) is 0. The number of hydrogen-bond acceptors (Lipinski definition) is 3. The van der Waals surface area contributed by atoms with Crippen LogP contribution in [0.2, 0.25) is 0 Å². The number of benzene rings is 1. The van der Waals surface area contributed by atoms with Crippen LogP contribution >= 0.6 is 0 Å². The summed E-state index contributed by atoms with van der Waals surface area (Å²) in [4.78, 5) is 15.5. The number of rotatable bonds is 4. The SMILES string of the molecule is Cc1cccc(N2CCN(CC(C)C(=O)O)CC2)c1. The summed E-state index contributed by atoms with van der Waals surface area (Å²) in [5.74, 6) is -0.994. The highest BCUT2D eigenvalue weighted by Crippen LogP contribution is 2.18. The van der Waals surface area contributed by atoms with Crippen molar-refractivity contribution in [1.82, 2.24) is 4.90 Å². The van der Waals surface area contributed by atoms with Gasteiger partial charge in [0.05, 0.1) is 5.92 Å². The van der Waals surface area contributed by atoms with Crippen molar-refractivity contribution in [2.24, 2.45) is 5.92 Å². The lowest BCUT2D eigenvalue weighted by Crippen LogP contribution is -2.48. The molecule has 1 aromatic carbocycles. The molecule has 1 saturated heterocycles. The first-order valence-corrected chi connectivity index (χ1v) is 6.83. The van der Waals surface area contributed by atoms with Crippen LogP contribution in [0.4, 0.5) is 5.69 Å². The summed E-state index contributed by atoms with van der Waals surface area (Å²) in [7, 11) is 0. The van der Waals surface area contributed by atoms with Crippen molar-refractivity contribution in [3.8, 4) is 0 Å². The van der Waals surface area contributed by atoms with Gasteiger partial charge in [-0.05, 0) is 24.6 Å². The average Bonchev–Trinajstić information content (AvgIpc) is 2.39. The fourth-order valence-corrected chi connectivity index (χ4v) is 2.48. The maximum atomic E-state index is 10.9. The highest BCUT2D eigenvalue weighted by molar-refractivity contribution is 5.69. The molecular formula is C15H22N2O2. The van der Waals surface area contributed by atoms with Gasteiger partial charge < -0.3 is 10.0 Å². The van der Waals surface area contributed by atoms with Crippen LogP contribution in [0.3, 0.4) is 0 Å². The molecule has 0 radical (unpaired) electrons. The molecule has 0 aromatic heterocycles. The quantitative estimate of drug-likeness (QED) is 0.899. The van der Waals surface area contributed by atoms with E-state index in [9.17, 15) is 4.79 Å². The first-order chi connectivity index (χ1) is 9.06. The zero-order chi connectivity index (χ0) is 13.8. The molecule has 1 N–H and O–H groups in total. The molecule has 104 valence electrons. The second kappa shape index (κ2) is 6.06. The fraction of sp³-hybridized carbons (Fsp3) is 0.533. The van der Waals surface area contributed by atoms with Gasteiger partial charge >= 0.3 is 5.97 Å². The number of nitrogens with zero attached hydrogens (tertiary/aromatic N) is 2. The third-order valence-electron chi connectivity index (χ3n) is 3.69. The Kier molecular flexibility index (Phi) is 4.43. The van der Waals surface area contributed by atoms with Crippen LogP contribution in [-0.4, -0.2) is 48.7 Å². The highest BCUT2D eigenvalue weighted by Gasteiger charge is 2.21. The molecule has 0 bridgehead atoms. The normalized spacial score (nSPS) is 18.3. The number of hydrogen-bond donors (Lipinski definition) is 1. The Morgan fingerprint density at radius 1 is 1.32 bits per heavy atom. The standard InChI is InChI=1S/C15H22N2O2/c1-12-4-3-5-14(10-12)17-8-6-16(7-9-17)11-13(2)15(18)19/h3-5,10,13H,6-9,11H2,1-2H3,(H,18,19). The Bertz CT molecular complexity index is 440. The molecule has 1 aliphatic rings. The molecule has 4 nitrogen and oxygen atoms in total. The van der Waals surface area contributed by atoms with Gasteiger partial charge in [-0.15, -0.1) is 0 Å². The molecule has 0 aliphatic carbocycles. The van der Waals surface area contributed by atoms with E-state index < -0.39 is 5.97 Å². The number of aryl methyl sites for hydroxylation is 1. The summed E-state index contributed by atoms with van der Waals surface area (Å²) in [6, 6.07) is 8.54. The second-order valence-corrected chi connectivity index (χ2v) is 5.37. The molecule has 1 aromatic rings. The average molecular weight is 262 g/mol. The summed E-state index contributed by atoms with van der Waals surface area (Å²) in [5.41, 5.74) is 2.55. The predicted molar refractivity (Wildman–Crippen MR) is 76.6 cm³/mol. The van der Waals surface area contributed by atoms with E-state index in [1.54, 1.807) is 6.92 Å². The third-order valence-corrected chi connectivity index (χ3v) is 3.69. The van der Waals surface area contributed by atoms with Gasteiger partial charge in [-0.2, -0.15) is 0 Å². The predicted octanol–water partition coefficient (Wildman–Crippen LogP) is 1.84. The van der Waals surface area contributed by atoms with Crippen molar-refractivity contribution in [2.45, 2.75) is 13.8 Å². The van der Waals surface area contributed by atoms with E-state index in [0.717, 1.165) is 26.2 Å². The molecule has 1 fully saturated rings. The number of aliphatic carboxylic acids is 1. The molecule has 0 amide bonds. The van der Waals surface area contributed by atoms with Crippen molar-refractivity contribution in [3.63, 3.8) is 0 Å². The molecule has 0 spiro atoms. The fourth-order valence-electron chi connectivity index (χ4n) is 2.48. The molecular weight excluding hydrogens is 240 g/mol. The van der Waals surface area contributed by atoms with Crippen molar-refractivity contribution in [3.05, 3.63) is 29.8 Å². The Morgan fingerprint density at radius 3 is 2.58 bits per heavy atom. The van der Waals surface area contributed by atoms with Crippen molar-refractivity contribution >= 4 is 11.7 Å². The number of anilines is 1. The van der Waals surface area contributed by atoms with E-state index in [2.05, 4.69) is 41.0 Å². The molecule has 0 saturated carbocycles. The summed E-state index contributed by atoms with van der Waals surface area (Å²) >= 11 is 0. The number of piperazine rings is 1. The maximum absolute atomic E-state index is 10.9. The molecule has 19 heavy (non-hydrogen) atoms. The molecule has 2 rings (SSSR count). The Balaban J connectivity index is 1.87.